The van der Waals surface area contributed by atoms with Crippen molar-refractivity contribution in [1.82, 2.24) is 4.57 Å². The summed E-state index contributed by atoms with van der Waals surface area (Å²) in [6.45, 7) is 0. The number of rotatable bonds is 0. The van der Waals surface area contributed by atoms with Crippen LogP contribution in [0.2, 0.25) is 0 Å². The van der Waals surface area contributed by atoms with E-state index < -0.39 is 0 Å². The lowest BCUT2D eigenvalue weighted by atomic mass is 10.4. The predicted molar refractivity (Wildman–Crippen MR) is 51.8 cm³/mol. The summed E-state index contributed by atoms with van der Waals surface area (Å²) in [4.78, 5) is 12.3. The van der Waals surface area contributed by atoms with Crippen molar-refractivity contribution in [2.45, 2.75) is 0 Å². The van der Waals surface area contributed by atoms with E-state index in [0.717, 1.165) is 10.6 Å². The molecule has 0 aliphatic carbocycles. The van der Waals surface area contributed by atoms with E-state index >= 15 is 0 Å². The van der Waals surface area contributed by atoms with E-state index in [-0.39, 0.29) is 5.56 Å². The molecule has 0 radical (unpaired) electrons. The summed E-state index contributed by atoms with van der Waals surface area (Å²) in [6.07, 6.45) is 0. The van der Waals surface area contributed by atoms with E-state index in [1.54, 1.807) is 32.3 Å². The van der Waals surface area contributed by atoms with Crippen molar-refractivity contribution in [2.75, 3.05) is 0 Å². The van der Waals surface area contributed by atoms with Gasteiger partial charge in [-0.05, 0) is 15.9 Å². The molecule has 0 aromatic heterocycles. The SMILES string of the molecule is Cn1c2cssc-2c(Br)c1=O. The van der Waals surface area contributed by atoms with Crippen LogP contribution in [-0.4, -0.2) is 4.57 Å². The van der Waals surface area contributed by atoms with Gasteiger partial charge in [0, 0.05) is 12.4 Å². The van der Waals surface area contributed by atoms with Crippen LogP contribution in [0, 0.1) is 0 Å². The van der Waals surface area contributed by atoms with Crippen molar-refractivity contribution in [3.63, 3.8) is 0 Å². The van der Waals surface area contributed by atoms with E-state index in [2.05, 4.69) is 15.9 Å². The van der Waals surface area contributed by atoms with Gasteiger partial charge in [-0.25, -0.2) is 0 Å². The third-order valence-corrected chi connectivity index (χ3v) is 4.65. The topological polar surface area (TPSA) is 22.0 Å². The minimum Gasteiger partial charge on any atom is -0.309 e. The molecule has 0 aromatic carbocycles. The summed E-state index contributed by atoms with van der Waals surface area (Å²) < 4.78 is 2.35. The van der Waals surface area contributed by atoms with Crippen molar-refractivity contribution < 1.29 is 0 Å². The van der Waals surface area contributed by atoms with E-state index in [9.17, 15) is 4.79 Å². The summed E-state index contributed by atoms with van der Waals surface area (Å²) in [5.41, 5.74) is 1.08. The fourth-order valence-corrected chi connectivity index (χ4v) is 4.22. The Hall–Kier alpha value is -0.130. The Morgan fingerprint density at radius 2 is 2.36 bits per heavy atom. The molecule has 0 fully saturated rings. The van der Waals surface area contributed by atoms with Gasteiger partial charge < -0.3 is 4.57 Å². The molecular weight excluding hydrogens is 246 g/mol. The van der Waals surface area contributed by atoms with Crippen molar-refractivity contribution >= 4 is 36.6 Å². The number of halogens is 1. The lowest BCUT2D eigenvalue weighted by Crippen LogP contribution is -2.09. The second kappa shape index (κ2) is 2.43. The van der Waals surface area contributed by atoms with Gasteiger partial charge in [0.25, 0.3) is 5.56 Å². The van der Waals surface area contributed by atoms with E-state index in [4.69, 9.17) is 0 Å². The van der Waals surface area contributed by atoms with Gasteiger partial charge in [-0.15, -0.1) is 0 Å². The van der Waals surface area contributed by atoms with E-state index in [0.29, 0.717) is 4.47 Å². The highest BCUT2D eigenvalue weighted by molar-refractivity contribution is 9.10. The molecule has 0 amide bonds. The zero-order valence-corrected chi connectivity index (χ0v) is 8.85. The third kappa shape index (κ3) is 0.913. The molecule has 2 aliphatic heterocycles. The van der Waals surface area contributed by atoms with E-state index in [1.165, 1.54) is 0 Å². The quantitative estimate of drug-likeness (QED) is 0.658. The molecule has 58 valence electrons. The van der Waals surface area contributed by atoms with Gasteiger partial charge in [-0.2, -0.15) is 0 Å². The smallest absolute Gasteiger partial charge is 0.266 e. The monoisotopic (exact) mass is 249 g/mol. The van der Waals surface area contributed by atoms with Crippen LogP contribution in [0.4, 0.5) is 0 Å². The van der Waals surface area contributed by atoms with Gasteiger partial charge >= 0.3 is 0 Å². The van der Waals surface area contributed by atoms with Gasteiger partial charge in [0.1, 0.15) is 4.47 Å². The Balaban J connectivity index is 2.97. The molecule has 0 bridgehead atoms. The average Bonchev–Trinajstić information content (AvgIpc) is 2.53. The Morgan fingerprint density at radius 3 is 3.00 bits per heavy atom. The molecule has 0 spiro atoms. The highest BCUT2D eigenvalue weighted by Crippen LogP contribution is 2.36. The van der Waals surface area contributed by atoms with Crippen molar-refractivity contribution in [3.8, 4) is 10.6 Å². The van der Waals surface area contributed by atoms with Gasteiger partial charge in [-0.3, -0.25) is 4.79 Å². The Bertz CT molecular complexity index is 378. The maximum absolute atomic E-state index is 11.3. The molecule has 0 saturated carbocycles. The second-order valence-corrected chi connectivity index (χ2v) is 5.06. The van der Waals surface area contributed by atoms with Gasteiger partial charge in [0.2, 0.25) is 0 Å². The minimum atomic E-state index is 0.0547. The molecule has 0 N–H and O–H groups in total. The fourth-order valence-electron chi connectivity index (χ4n) is 0.948. The first-order chi connectivity index (χ1) is 5.22. The van der Waals surface area contributed by atoms with Crippen LogP contribution in [0.5, 0.6) is 0 Å². The number of nitrogens with zero attached hydrogens (tertiary/aromatic N) is 1. The molecule has 2 heterocycles. The van der Waals surface area contributed by atoms with Crippen LogP contribution in [0.15, 0.2) is 14.6 Å². The molecule has 0 unspecified atom stereocenters. The zero-order valence-electron chi connectivity index (χ0n) is 5.63. The first-order valence-electron chi connectivity index (χ1n) is 2.93. The van der Waals surface area contributed by atoms with Crippen LogP contribution >= 0.6 is 36.6 Å². The van der Waals surface area contributed by atoms with Gasteiger partial charge in [-0.1, -0.05) is 20.7 Å². The standard InChI is InChI=1S/C6H4BrNOS2/c1-8-3-2-10-11-5(3)4(7)6(8)9/h2H,1H3. The van der Waals surface area contributed by atoms with Crippen LogP contribution < -0.4 is 5.56 Å². The Labute approximate surface area is 79.0 Å². The number of aromatic nitrogens is 1. The predicted octanol–water partition coefficient (Wildman–Crippen LogP) is 2.38. The molecule has 2 nitrogen and oxygen atoms in total. The zero-order chi connectivity index (χ0) is 8.01. The second-order valence-electron chi connectivity index (χ2n) is 2.19. The van der Waals surface area contributed by atoms with Gasteiger partial charge in [0.05, 0.1) is 10.6 Å². The average molecular weight is 250 g/mol. The minimum absolute atomic E-state index is 0.0547. The van der Waals surface area contributed by atoms with Crippen LogP contribution in [-0.2, 0) is 7.05 Å². The Morgan fingerprint density at radius 1 is 1.64 bits per heavy atom. The summed E-state index contributed by atoms with van der Waals surface area (Å²) >= 11 is 3.26. The lowest BCUT2D eigenvalue weighted by Gasteiger charge is -1.89. The van der Waals surface area contributed by atoms with Gasteiger partial charge in [0.15, 0.2) is 0 Å². The highest BCUT2D eigenvalue weighted by atomic mass is 79.9. The third-order valence-electron chi connectivity index (χ3n) is 1.58. The fraction of sp³-hybridized carbons (Fsp3) is 0.167. The molecule has 2 rings (SSSR count). The Kier molecular flexibility index (Phi) is 1.66. The van der Waals surface area contributed by atoms with Crippen LogP contribution in [0.1, 0.15) is 0 Å². The summed E-state index contributed by atoms with van der Waals surface area (Å²) in [6, 6.07) is 0. The largest absolute Gasteiger partial charge is 0.309 e. The molecule has 0 saturated heterocycles. The molecule has 0 aromatic rings. The normalized spacial score (nSPS) is 11.1. The number of hydrogen-bond acceptors (Lipinski definition) is 3. The van der Waals surface area contributed by atoms with E-state index in [1.807, 2.05) is 5.38 Å². The summed E-state index contributed by atoms with van der Waals surface area (Å²) in [5.74, 6) is 0. The number of hydrogen-bond donors (Lipinski definition) is 0. The molecule has 0 atom stereocenters. The summed E-state index contributed by atoms with van der Waals surface area (Å²) in [5, 5.41) is 1.99. The van der Waals surface area contributed by atoms with Crippen LogP contribution in [0.3, 0.4) is 0 Å². The molecule has 11 heavy (non-hydrogen) atoms. The highest BCUT2D eigenvalue weighted by Gasteiger charge is 2.17. The van der Waals surface area contributed by atoms with Crippen molar-refractivity contribution in [2.24, 2.45) is 7.05 Å². The van der Waals surface area contributed by atoms with Crippen molar-refractivity contribution in [3.05, 3.63) is 20.2 Å². The lowest BCUT2D eigenvalue weighted by molar-refractivity contribution is 0.897. The molecule has 5 heteroatoms. The maximum atomic E-state index is 11.3. The summed E-state index contributed by atoms with van der Waals surface area (Å²) in [7, 11) is 5.06. The molecule has 2 aliphatic rings. The molecular formula is C6H4BrNOS2. The maximum Gasteiger partial charge on any atom is 0.266 e. The van der Waals surface area contributed by atoms with Crippen LogP contribution in [0.25, 0.3) is 10.6 Å². The number of fused-ring (bicyclic) bond motifs is 1. The van der Waals surface area contributed by atoms with Crippen molar-refractivity contribution in [1.29, 1.82) is 0 Å². The first kappa shape index (κ1) is 7.52. The first-order valence-corrected chi connectivity index (χ1v) is 5.94.